The second-order valence-corrected chi connectivity index (χ2v) is 5.83. The van der Waals surface area contributed by atoms with E-state index in [4.69, 9.17) is 5.11 Å². The van der Waals surface area contributed by atoms with Crippen molar-refractivity contribution < 1.29 is 23.1 Å². The van der Waals surface area contributed by atoms with Crippen molar-refractivity contribution in [1.29, 1.82) is 0 Å². The molecule has 0 aromatic heterocycles. The molecule has 0 bridgehead atoms. The maximum Gasteiger partial charge on any atom is 0.460 e. The van der Waals surface area contributed by atoms with Crippen LogP contribution in [0.1, 0.15) is 11.1 Å². The van der Waals surface area contributed by atoms with Crippen LogP contribution in [-0.2, 0) is 17.9 Å². The third-order valence-corrected chi connectivity index (χ3v) is 3.92. The van der Waals surface area contributed by atoms with Crippen molar-refractivity contribution >= 4 is 5.91 Å². The fourth-order valence-electron chi connectivity index (χ4n) is 2.54. The van der Waals surface area contributed by atoms with Gasteiger partial charge in [-0.2, -0.15) is 13.2 Å². The Kier molecular flexibility index (Phi) is 7.17. The first-order chi connectivity index (χ1) is 12.4. The Bertz CT molecular complexity index is 678. The first-order valence-electron chi connectivity index (χ1n) is 8.18. The predicted octanol–water partition coefficient (Wildman–Crippen LogP) is 3.03. The fraction of sp³-hybridized carbons (Fsp3) is 0.316. The quantitative estimate of drug-likeness (QED) is 0.731. The van der Waals surface area contributed by atoms with Gasteiger partial charge in [0.05, 0.1) is 0 Å². The second-order valence-electron chi connectivity index (χ2n) is 5.83. The van der Waals surface area contributed by atoms with Gasteiger partial charge >= 0.3 is 6.30 Å². The molecule has 1 amide bonds. The summed E-state index contributed by atoms with van der Waals surface area (Å²) in [4.78, 5) is 13.5. The zero-order valence-corrected chi connectivity index (χ0v) is 14.2. The molecule has 2 aromatic rings. The molecule has 0 radical (unpaired) electrons. The van der Waals surface area contributed by atoms with Crippen LogP contribution in [0.5, 0.6) is 0 Å². The van der Waals surface area contributed by atoms with Gasteiger partial charge in [0.15, 0.2) is 0 Å². The van der Waals surface area contributed by atoms with Gasteiger partial charge in [-0.3, -0.25) is 4.79 Å². The molecule has 140 valence electrons. The number of rotatable bonds is 8. The number of aliphatic hydroxyl groups excluding tert-OH is 1. The van der Waals surface area contributed by atoms with Gasteiger partial charge in [-0.1, -0.05) is 60.7 Å². The Morgan fingerprint density at radius 3 is 1.81 bits per heavy atom. The van der Waals surface area contributed by atoms with Crippen molar-refractivity contribution in [3.05, 3.63) is 71.8 Å². The van der Waals surface area contributed by atoms with Crippen molar-refractivity contribution in [3.8, 4) is 0 Å². The Morgan fingerprint density at radius 1 is 0.846 bits per heavy atom. The van der Waals surface area contributed by atoms with Gasteiger partial charge in [0.1, 0.15) is 6.61 Å². The minimum absolute atomic E-state index is 0.138. The summed E-state index contributed by atoms with van der Waals surface area (Å²) in [7, 11) is 0. The summed E-state index contributed by atoms with van der Waals surface area (Å²) in [6.07, 6.45) is -4.52. The van der Waals surface area contributed by atoms with E-state index in [1.54, 1.807) is 54.6 Å². The number of nitrogens with zero attached hydrogens (tertiary/aromatic N) is 2. The summed E-state index contributed by atoms with van der Waals surface area (Å²) in [5, 5.41) is 9.12. The molecule has 0 saturated carbocycles. The van der Waals surface area contributed by atoms with Gasteiger partial charge in [0.25, 0.3) is 0 Å². The summed E-state index contributed by atoms with van der Waals surface area (Å²) in [6, 6.07) is 17.3. The number of hydrogen-bond donors (Lipinski definition) is 1. The van der Waals surface area contributed by atoms with Crippen molar-refractivity contribution in [2.45, 2.75) is 19.4 Å². The summed E-state index contributed by atoms with van der Waals surface area (Å²) in [5.74, 6) is -0.601. The number of amides is 1. The molecular formula is C19H21F3N2O2. The molecule has 2 rings (SSSR count). The molecule has 4 nitrogen and oxygen atoms in total. The molecule has 0 aliphatic heterocycles. The average Bonchev–Trinajstić information content (AvgIpc) is 2.64. The van der Waals surface area contributed by atoms with E-state index < -0.39 is 18.8 Å². The molecule has 0 saturated heterocycles. The van der Waals surface area contributed by atoms with Gasteiger partial charge in [-0.15, -0.1) is 0 Å². The molecule has 0 aliphatic rings. The number of carbonyl (C=O) groups excluding carboxylic acids is 1. The molecule has 0 aliphatic carbocycles. The highest BCUT2D eigenvalue weighted by Gasteiger charge is 2.37. The zero-order valence-electron chi connectivity index (χ0n) is 14.2. The topological polar surface area (TPSA) is 43.8 Å². The Labute approximate surface area is 150 Å². The monoisotopic (exact) mass is 366 g/mol. The number of alkyl halides is 3. The van der Waals surface area contributed by atoms with Crippen LogP contribution < -0.4 is 0 Å². The Hall–Kier alpha value is -2.38. The molecule has 0 atom stereocenters. The van der Waals surface area contributed by atoms with Crippen LogP contribution in [0.4, 0.5) is 13.2 Å². The van der Waals surface area contributed by atoms with Crippen LogP contribution in [-0.4, -0.2) is 46.8 Å². The van der Waals surface area contributed by atoms with Crippen molar-refractivity contribution in [1.82, 2.24) is 9.80 Å². The van der Waals surface area contributed by atoms with E-state index >= 15 is 0 Å². The van der Waals surface area contributed by atoms with Crippen LogP contribution in [0.15, 0.2) is 60.7 Å². The van der Waals surface area contributed by atoms with E-state index in [0.29, 0.717) is 10.5 Å². The molecule has 2 aromatic carbocycles. The normalized spacial score (nSPS) is 11.6. The van der Waals surface area contributed by atoms with Crippen molar-refractivity contribution in [3.63, 3.8) is 0 Å². The van der Waals surface area contributed by atoms with Crippen LogP contribution in [0.2, 0.25) is 0 Å². The van der Waals surface area contributed by atoms with Gasteiger partial charge in [0.2, 0.25) is 5.91 Å². The maximum absolute atomic E-state index is 13.3. The summed E-state index contributed by atoms with van der Waals surface area (Å²) in [6.45, 7) is -1.40. The largest absolute Gasteiger partial charge is 0.460 e. The van der Waals surface area contributed by atoms with Gasteiger partial charge < -0.3 is 10.0 Å². The third-order valence-electron chi connectivity index (χ3n) is 3.92. The predicted molar refractivity (Wildman–Crippen MR) is 91.9 cm³/mol. The lowest BCUT2D eigenvalue weighted by atomic mass is 10.2. The highest BCUT2D eigenvalue weighted by Crippen LogP contribution is 2.23. The summed E-state index contributed by atoms with van der Waals surface area (Å²) >= 11 is 0. The highest BCUT2D eigenvalue weighted by molar-refractivity contribution is 5.77. The third kappa shape index (κ3) is 6.16. The number of halogens is 3. The van der Waals surface area contributed by atoms with Crippen LogP contribution in [0.3, 0.4) is 0 Å². The van der Waals surface area contributed by atoms with E-state index in [1.165, 1.54) is 4.90 Å². The molecule has 0 heterocycles. The van der Waals surface area contributed by atoms with E-state index in [2.05, 4.69) is 0 Å². The number of hydrogen-bond acceptors (Lipinski definition) is 3. The fourth-order valence-corrected chi connectivity index (χ4v) is 2.54. The summed E-state index contributed by atoms with van der Waals surface area (Å²) in [5.41, 5.74) is 1.32. The van der Waals surface area contributed by atoms with Gasteiger partial charge in [0, 0.05) is 26.2 Å². The lowest BCUT2D eigenvalue weighted by Gasteiger charge is -2.29. The van der Waals surface area contributed by atoms with Crippen LogP contribution in [0, 0.1) is 0 Å². The standard InChI is InChI=1S/C19H21F3N2O2/c20-19(21,22)24(14-17-9-5-2-6-10-17)12-11-23(18(26)15-25)13-16-7-3-1-4-8-16/h1-10,25H,11-15H2. The smallest absolute Gasteiger partial charge is 0.387 e. The molecular weight excluding hydrogens is 345 g/mol. The van der Waals surface area contributed by atoms with Gasteiger partial charge in [-0.25, -0.2) is 4.90 Å². The SMILES string of the molecule is O=C(CO)N(CCN(Cc1ccccc1)C(F)(F)F)Cc1ccccc1. The van der Waals surface area contributed by atoms with E-state index in [0.717, 1.165) is 5.56 Å². The average molecular weight is 366 g/mol. The summed E-state index contributed by atoms with van der Waals surface area (Å²) < 4.78 is 40.0. The van der Waals surface area contributed by atoms with Crippen molar-refractivity contribution in [2.75, 3.05) is 19.7 Å². The minimum Gasteiger partial charge on any atom is -0.387 e. The lowest BCUT2D eigenvalue weighted by Crippen LogP contribution is -2.44. The first-order valence-corrected chi connectivity index (χ1v) is 8.18. The van der Waals surface area contributed by atoms with Crippen LogP contribution in [0.25, 0.3) is 0 Å². The van der Waals surface area contributed by atoms with Crippen LogP contribution >= 0.6 is 0 Å². The maximum atomic E-state index is 13.3. The van der Waals surface area contributed by atoms with E-state index in [-0.39, 0.29) is 26.2 Å². The van der Waals surface area contributed by atoms with E-state index in [1.807, 2.05) is 6.07 Å². The molecule has 26 heavy (non-hydrogen) atoms. The number of carbonyl (C=O) groups is 1. The molecule has 0 unspecified atom stereocenters. The number of aliphatic hydroxyl groups is 1. The molecule has 0 spiro atoms. The molecule has 7 heteroatoms. The second kappa shape index (κ2) is 9.35. The highest BCUT2D eigenvalue weighted by atomic mass is 19.4. The lowest BCUT2D eigenvalue weighted by molar-refractivity contribution is -0.250. The first kappa shape index (κ1) is 19.9. The Balaban J connectivity index is 2.06. The molecule has 1 N–H and O–H groups in total. The number of benzene rings is 2. The minimum atomic E-state index is -4.52. The zero-order chi connectivity index (χ0) is 19.0. The van der Waals surface area contributed by atoms with E-state index in [9.17, 15) is 18.0 Å². The Morgan fingerprint density at radius 2 is 1.35 bits per heavy atom. The van der Waals surface area contributed by atoms with Gasteiger partial charge in [-0.05, 0) is 11.1 Å². The molecule has 0 fully saturated rings. The van der Waals surface area contributed by atoms with Crippen molar-refractivity contribution in [2.24, 2.45) is 0 Å².